The minimum Gasteiger partial charge on any atom is -0.321 e. The summed E-state index contributed by atoms with van der Waals surface area (Å²) in [6.07, 6.45) is 7.59. The Morgan fingerprint density at radius 2 is 2.15 bits per heavy atom. The summed E-state index contributed by atoms with van der Waals surface area (Å²) in [5, 5.41) is 7.78. The third-order valence-electron chi connectivity index (χ3n) is 4.70. The van der Waals surface area contributed by atoms with E-state index in [-0.39, 0.29) is 12.2 Å². The topological polar surface area (TPSA) is 32.3 Å². The molecule has 4 heteroatoms. The van der Waals surface area contributed by atoms with E-state index in [2.05, 4.69) is 34.0 Å². The Hall–Kier alpha value is -0.870. The molecule has 0 bridgehead atoms. The van der Waals surface area contributed by atoms with E-state index in [9.17, 15) is 4.79 Å². The van der Waals surface area contributed by atoms with Gasteiger partial charge in [0.2, 0.25) is 5.91 Å². The zero-order valence-corrected chi connectivity index (χ0v) is 13.0. The van der Waals surface area contributed by atoms with E-state index < -0.39 is 0 Å². The molecule has 0 spiro atoms. The summed E-state index contributed by atoms with van der Waals surface area (Å²) in [4.78, 5) is 14.7. The van der Waals surface area contributed by atoms with Crippen molar-refractivity contribution in [2.75, 3.05) is 6.54 Å². The maximum Gasteiger partial charge on any atom is 0.241 e. The van der Waals surface area contributed by atoms with Crippen molar-refractivity contribution in [3.05, 3.63) is 22.4 Å². The van der Waals surface area contributed by atoms with E-state index in [1.807, 2.05) is 0 Å². The van der Waals surface area contributed by atoms with Gasteiger partial charge < -0.3 is 4.90 Å². The number of nitrogens with zero attached hydrogens (tertiary/aromatic N) is 1. The molecule has 1 N–H and O–H groups in total. The highest BCUT2D eigenvalue weighted by Crippen LogP contribution is 2.32. The Kier molecular flexibility index (Phi) is 4.41. The monoisotopic (exact) mass is 292 g/mol. The summed E-state index contributed by atoms with van der Waals surface area (Å²) in [6.45, 7) is 3.02. The van der Waals surface area contributed by atoms with E-state index in [4.69, 9.17) is 0 Å². The molecule has 20 heavy (non-hydrogen) atoms. The van der Waals surface area contributed by atoms with E-state index in [1.54, 1.807) is 11.3 Å². The smallest absolute Gasteiger partial charge is 0.241 e. The molecule has 110 valence electrons. The number of amides is 1. The SMILES string of the molecule is CCC1NC(c2ccsc2)N(CC2CCCCC2)C1=O. The van der Waals surface area contributed by atoms with Gasteiger partial charge in [-0.25, -0.2) is 0 Å². The lowest BCUT2D eigenvalue weighted by molar-refractivity contribution is -0.130. The second kappa shape index (κ2) is 6.27. The molecule has 2 aliphatic rings. The van der Waals surface area contributed by atoms with Crippen LogP contribution < -0.4 is 5.32 Å². The Morgan fingerprint density at radius 3 is 2.80 bits per heavy atom. The molecule has 1 amide bonds. The highest BCUT2D eigenvalue weighted by atomic mass is 32.1. The van der Waals surface area contributed by atoms with Gasteiger partial charge in [0.05, 0.1) is 6.04 Å². The predicted molar refractivity (Wildman–Crippen MR) is 82.6 cm³/mol. The van der Waals surface area contributed by atoms with Gasteiger partial charge in [0.1, 0.15) is 6.17 Å². The van der Waals surface area contributed by atoms with E-state index in [0.717, 1.165) is 13.0 Å². The van der Waals surface area contributed by atoms with Gasteiger partial charge in [-0.15, -0.1) is 0 Å². The zero-order valence-electron chi connectivity index (χ0n) is 12.2. The fourth-order valence-electron chi connectivity index (χ4n) is 3.52. The molecule has 3 nitrogen and oxygen atoms in total. The molecule has 1 aromatic heterocycles. The molecule has 0 radical (unpaired) electrons. The maximum atomic E-state index is 12.6. The lowest BCUT2D eigenvalue weighted by Crippen LogP contribution is -2.35. The Bertz CT molecular complexity index is 439. The van der Waals surface area contributed by atoms with Crippen molar-refractivity contribution < 1.29 is 4.79 Å². The average molecular weight is 292 g/mol. The molecule has 1 aliphatic heterocycles. The van der Waals surface area contributed by atoms with Gasteiger partial charge in [-0.2, -0.15) is 11.3 Å². The molecule has 1 aliphatic carbocycles. The van der Waals surface area contributed by atoms with Crippen LogP contribution in [0.4, 0.5) is 0 Å². The van der Waals surface area contributed by atoms with Gasteiger partial charge in [-0.3, -0.25) is 10.1 Å². The summed E-state index contributed by atoms with van der Waals surface area (Å²) in [5.41, 5.74) is 1.25. The van der Waals surface area contributed by atoms with Crippen LogP contribution in [0.2, 0.25) is 0 Å². The van der Waals surface area contributed by atoms with Gasteiger partial charge >= 0.3 is 0 Å². The predicted octanol–water partition coefficient (Wildman–Crippen LogP) is 3.54. The normalized spacial score (nSPS) is 28.2. The molecule has 1 aromatic rings. The van der Waals surface area contributed by atoms with E-state index in [1.165, 1.54) is 37.7 Å². The number of rotatable bonds is 4. The molecule has 2 atom stereocenters. The molecule has 0 aromatic carbocycles. The molecule has 2 heterocycles. The zero-order chi connectivity index (χ0) is 13.9. The lowest BCUT2D eigenvalue weighted by atomic mass is 9.89. The average Bonchev–Trinajstić information content (AvgIpc) is 3.10. The molecular formula is C16H24N2OS. The molecule has 3 rings (SSSR count). The first kappa shape index (κ1) is 14.1. The van der Waals surface area contributed by atoms with Crippen molar-refractivity contribution in [3.8, 4) is 0 Å². The van der Waals surface area contributed by atoms with E-state index in [0.29, 0.717) is 11.8 Å². The van der Waals surface area contributed by atoms with Crippen LogP contribution in [0.5, 0.6) is 0 Å². The largest absolute Gasteiger partial charge is 0.321 e. The van der Waals surface area contributed by atoms with E-state index >= 15 is 0 Å². The third kappa shape index (κ3) is 2.77. The minimum atomic E-state index is 0.00323. The lowest BCUT2D eigenvalue weighted by Gasteiger charge is -2.30. The van der Waals surface area contributed by atoms with Gasteiger partial charge in [-0.05, 0) is 47.6 Å². The summed E-state index contributed by atoms with van der Waals surface area (Å²) in [6, 6.07) is 2.14. The quantitative estimate of drug-likeness (QED) is 0.920. The van der Waals surface area contributed by atoms with Crippen molar-refractivity contribution in [2.45, 2.75) is 57.7 Å². The van der Waals surface area contributed by atoms with Crippen LogP contribution in [0.3, 0.4) is 0 Å². The molecule has 2 unspecified atom stereocenters. The van der Waals surface area contributed by atoms with Gasteiger partial charge in [-0.1, -0.05) is 26.2 Å². The summed E-state index contributed by atoms with van der Waals surface area (Å²) in [7, 11) is 0. The van der Waals surface area contributed by atoms with Crippen LogP contribution in [0, 0.1) is 5.92 Å². The first-order chi connectivity index (χ1) is 9.79. The van der Waals surface area contributed by atoms with Crippen molar-refractivity contribution in [1.82, 2.24) is 10.2 Å². The van der Waals surface area contributed by atoms with Crippen LogP contribution >= 0.6 is 11.3 Å². The second-order valence-electron chi connectivity index (χ2n) is 6.08. The van der Waals surface area contributed by atoms with Gasteiger partial charge in [0.15, 0.2) is 0 Å². The van der Waals surface area contributed by atoms with Crippen LogP contribution in [0.15, 0.2) is 16.8 Å². The number of carbonyl (C=O) groups excluding carboxylic acids is 1. The standard InChI is InChI=1S/C16H24N2OS/c1-2-14-16(19)18(10-12-6-4-3-5-7-12)15(17-14)13-8-9-20-11-13/h8-9,11-12,14-15,17H,2-7,10H2,1H3. The van der Waals surface area contributed by atoms with Gasteiger partial charge in [0.25, 0.3) is 0 Å². The first-order valence-electron chi connectivity index (χ1n) is 7.88. The third-order valence-corrected chi connectivity index (χ3v) is 5.40. The van der Waals surface area contributed by atoms with Crippen molar-refractivity contribution in [3.63, 3.8) is 0 Å². The van der Waals surface area contributed by atoms with Crippen molar-refractivity contribution in [1.29, 1.82) is 0 Å². The summed E-state index contributed by atoms with van der Waals surface area (Å²) < 4.78 is 0. The number of carbonyl (C=O) groups is 1. The van der Waals surface area contributed by atoms with Crippen molar-refractivity contribution in [2.24, 2.45) is 5.92 Å². The fraction of sp³-hybridized carbons (Fsp3) is 0.688. The molecular weight excluding hydrogens is 268 g/mol. The number of thiophene rings is 1. The molecule has 1 saturated heterocycles. The number of hydrogen-bond acceptors (Lipinski definition) is 3. The maximum absolute atomic E-state index is 12.6. The Balaban J connectivity index is 1.75. The van der Waals surface area contributed by atoms with Crippen LogP contribution in [-0.2, 0) is 4.79 Å². The first-order valence-corrected chi connectivity index (χ1v) is 8.82. The second-order valence-corrected chi connectivity index (χ2v) is 6.86. The van der Waals surface area contributed by atoms with Gasteiger partial charge in [0, 0.05) is 6.54 Å². The van der Waals surface area contributed by atoms with Crippen LogP contribution in [0.1, 0.15) is 57.2 Å². The summed E-state index contributed by atoms with van der Waals surface area (Å²) >= 11 is 1.71. The van der Waals surface area contributed by atoms with Crippen LogP contribution in [-0.4, -0.2) is 23.4 Å². The Morgan fingerprint density at radius 1 is 1.35 bits per heavy atom. The molecule has 2 fully saturated rings. The number of hydrogen-bond donors (Lipinski definition) is 1. The van der Waals surface area contributed by atoms with Crippen LogP contribution in [0.25, 0.3) is 0 Å². The fourth-order valence-corrected chi connectivity index (χ4v) is 4.20. The molecule has 1 saturated carbocycles. The highest BCUT2D eigenvalue weighted by molar-refractivity contribution is 7.07. The summed E-state index contributed by atoms with van der Waals surface area (Å²) in [5.74, 6) is 1.00. The van der Waals surface area contributed by atoms with Crippen molar-refractivity contribution >= 4 is 17.2 Å². The number of nitrogens with one attached hydrogen (secondary N) is 1. The minimum absolute atomic E-state index is 0.00323. The highest BCUT2D eigenvalue weighted by Gasteiger charge is 2.39. The Labute approximate surface area is 125 Å².